The summed E-state index contributed by atoms with van der Waals surface area (Å²) in [7, 11) is 3.60. The van der Waals surface area contributed by atoms with E-state index in [1.54, 1.807) is 7.05 Å². The summed E-state index contributed by atoms with van der Waals surface area (Å²) in [5.41, 5.74) is 1.04. The molecule has 4 aromatic heterocycles. The van der Waals surface area contributed by atoms with E-state index in [1.807, 2.05) is 27.8 Å². The lowest BCUT2D eigenvalue weighted by Gasteiger charge is -2.24. The van der Waals surface area contributed by atoms with Crippen molar-refractivity contribution in [1.82, 2.24) is 50.1 Å². The first-order valence-corrected chi connectivity index (χ1v) is 12.5. The minimum Gasteiger partial charge on any atom is -0.444 e. The third kappa shape index (κ3) is 8.80. The summed E-state index contributed by atoms with van der Waals surface area (Å²) in [5.74, 6) is 1.20. The number of H-pyrrole nitrogens is 4. The first-order chi connectivity index (χ1) is 18.6. The molecule has 0 atom stereocenters. The number of carbonyl (C=O) groups excluding carboxylic acids is 1. The summed E-state index contributed by atoms with van der Waals surface area (Å²) in [5, 5.41) is 9.34. The van der Waals surface area contributed by atoms with Gasteiger partial charge in [-0.1, -0.05) is 0 Å². The van der Waals surface area contributed by atoms with Gasteiger partial charge in [0, 0.05) is 26.7 Å². The van der Waals surface area contributed by atoms with E-state index in [0.717, 1.165) is 19.5 Å². The van der Waals surface area contributed by atoms with E-state index in [2.05, 4.69) is 55.8 Å². The van der Waals surface area contributed by atoms with Gasteiger partial charge in [-0.3, -0.25) is 9.97 Å². The highest BCUT2D eigenvalue weighted by atomic mass is 16.6. The maximum absolute atomic E-state index is 11.8. The van der Waals surface area contributed by atoms with Gasteiger partial charge in [0.05, 0.1) is 0 Å². The standard InChI is InChI=1S/C14H22N6O3.C9H14N6O/c1-14(2,3)23-13(22)20(4)7-5-6-15-10-9-11(17-8-16-10)19-12(21)18-9;1-10-3-2-4-11-7-6-8(13-5-12-7)15-9(16)14-6/h8H,5-7H2,1-4H3,(H3,15,16,17,18,19,21);5,10H,2-4H2,1H3,(H3,11,12,13,14,15,16). The fourth-order valence-corrected chi connectivity index (χ4v) is 3.40. The van der Waals surface area contributed by atoms with Crippen LogP contribution in [0.4, 0.5) is 16.4 Å². The van der Waals surface area contributed by atoms with Gasteiger partial charge in [0.25, 0.3) is 0 Å². The number of fused-ring (bicyclic) bond motifs is 2. The largest absolute Gasteiger partial charge is 0.444 e. The molecule has 212 valence electrons. The van der Waals surface area contributed by atoms with Crippen molar-refractivity contribution in [2.24, 2.45) is 0 Å². The highest BCUT2D eigenvalue weighted by molar-refractivity contribution is 5.82. The number of nitrogens with one attached hydrogen (secondary N) is 7. The van der Waals surface area contributed by atoms with Gasteiger partial charge in [-0.05, 0) is 47.2 Å². The molecule has 39 heavy (non-hydrogen) atoms. The molecule has 16 nitrogen and oxygen atoms in total. The molecular weight excluding hydrogens is 508 g/mol. The van der Waals surface area contributed by atoms with E-state index in [4.69, 9.17) is 4.74 Å². The summed E-state index contributed by atoms with van der Waals surface area (Å²) in [6.07, 6.45) is 4.14. The lowest BCUT2D eigenvalue weighted by molar-refractivity contribution is 0.0298. The second-order valence-electron chi connectivity index (χ2n) is 9.62. The zero-order chi connectivity index (χ0) is 28.4. The smallest absolute Gasteiger partial charge is 0.410 e. The number of hydrogen-bond acceptors (Lipinski definition) is 11. The Kier molecular flexibility index (Phi) is 9.97. The van der Waals surface area contributed by atoms with Crippen molar-refractivity contribution in [1.29, 1.82) is 0 Å². The Bertz CT molecular complexity index is 1470. The molecule has 0 aliphatic carbocycles. The number of imidazole rings is 2. The van der Waals surface area contributed by atoms with Gasteiger partial charge in [-0.25, -0.2) is 34.3 Å². The quantitative estimate of drug-likeness (QED) is 0.140. The Morgan fingerprint density at radius 1 is 0.846 bits per heavy atom. The molecule has 4 aromatic rings. The van der Waals surface area contributed by atoms with E-state index < -0.39 is 5.60 Å². The molecule has 4 heterocycles. The lowest BCUT2D eigenvalue weighted by atomic mass is 10.2. The Hall–Kier alpha value is -4.47. The fraction of sp³-hybridized carbons (Fsp3) is 0.522. The van der Waals surface area contributed by atoms with Crippen molar-refractivity contribution in [2.45, 2.75) is 39.2 Å². The van der Waals surface area contributed by atoms with Crippen LogP contribution >= 0.6 is 0 Å². The minimum atomic E-state index is -0.504. The van der Waals surface area contributed by atoms with Gasteiger partial charge < -0.3 is 35.6 Å². The second kappa shape index (κ2) is 13.4. The zero-order valence-electron chi connectivity index (χ0n) is 22.8. The molecule has 0 saturated carbocycles. The van der Waals surface area contributed by atoms with Crippen LogP contribution in [0, 0.1) is 0 Å². The number of aromatic nitrogens is 8. The molecule has 0 spiro atoms. The predicted octanol–water partition coefficient (Wildman–Crippen LogP) is 0.983. The highest BCUT2D eigenvalue weighted by Gasteiger charge is 2.19. The normalized spacial score (nSPS) is 11.2. The molecular formula is C23H36N12O4. The number of hydrogen-bond donors (Lipinski definition) is 7. The second-order valence-corrected chi connectivity index (χ2v) is 9.62. The third-order valence-electron chi connectivity index (χ3n) is 5.20. The maximum Gasteiger partial charge on any atom is 0.410 e. The van der Waals surface area contributed by atoms with Crippen molar-refractivity contribution in [3.8, 4) is 0 Å². The van der Waals surface area contributed by atoms with E-state index in [-0.39, 0.29) is 17.5 Å². The van der Waals surface area contributed by atoms with Crippen LogP contribution in [0.5, 0.6) is 0 Å². The molecule has 0 aromatic carbocycles. The Balaban J connectivity index is 0.000000230. The van der Waals surface area contributed by atoms with Gasteiger partial charge in [-0.15, -0.1) is 0 Å². The van der Waals surface area contributed by atoms with Gasteiger partial charge in [0.15, 0.2) is 22.9 Å². The fourth-order valence-electron chi connectivity index (χ4n) is 3.40. The average Bonchev–Trinajstić information content (AvgIpc) is 3.45. The van der Waals surface area contributed by atoms with Crippen LogP contribution in [0.1, 0.15) is 33.6 Å². The van der Waals surface area contributed by atoms with Crippen LogP contribution in [0.3, 0.4) is 0 Å². The molecule has 0 unspecified atom stereocenters. The van der Waals surface area contributed by atoms with E-state index >= 15 is 0 Å². The van der Waals surface area contributed by atoms with Crippen LogP contribution in [0.15, 0.2) is 22.2 Å². The summed E-state index contributed by atoms with van der Waals surface area (Å²) in [4.78, 5) is 62.3. The van der Waals surface area contributed by atoms with Crippen molar-refractivity contribution in [3.63, 3.8) is 0 Å². The highest BCUT2D eigenvalue weighted by Crippen LogP contribution is 2.14. The van der Waals surface area contributed by atoms with Crippen molar-refractivity contribution < 1.29 is 9.53 Å². The minimum absolute atomic E-state index is 0.270. The Labute approximate surface area is 223 Å². The third-order valence-corrected chi connectivity index (χ3v) is 5.20. The van der Waals surface area contributed by atoms with Crippen LogP contribution in [-0.4, -0.2) is 96.7 Å². The number of amides is 1. The number of ether oxygens (including phenoxy) is 1. The molecule has 0 bridgehead atoms. The predicted molar refractivity (Wildman–Crippen MR) is 148 cm³/mol. The molecule has 0 radical (unpaired) electrons. The van der Waals surface area contributed by atoms with E-state index in [9.17, 15) is 14.4 Å². The number of nitrogens with zero attached hydrogens (tertiary/aromatic N) is 5. The summed E-state index contributed by atoms with van der Waals surface area (Å²) in [6, 6.07) is 0. The molecule has 7 N–H and O–H groups in total. The van der Waals surface area contributed by atoms with Crippen LogP contribution in [0.2, 0.25) is 0 Å². The first-order valence-electron chi connectivity index (χ1n) is 12.5. The maximum atomic E-state index is 11.8. The number of anilines is 2. The van der Waals surface area contributed by atoms with E-state index in [0.29, 0.717) is 53.5 Å². The monoisotopic (exact) mass is 544 g/mol. The van der Waals surface area contributed by atoms with Crippen LogP contribution in [0.25, 0.3) is 22.3 Å². The molecule has 0 saturated heterocycles. The SMILES string of the molecule is CN(CCCNc1ncnc2[nH]c(=O)[nH]c12)C(=O)OC(C)(C)C.CNCCCNc1ncnc2[nH]c(=O)[nH]c12. The average molecular weight is 545 g/mol. The zero-order valence-corrected chi connectivity index (χ0v) is 22.8. The number of rotatable bonds is 10. The molecule has 16 heteroatoms. The summed E-state index contributed by atoms with van der Waals surface area (Å²) >= 11 is 0. The summed E-state index contributed by atoms with van der Waals surface area (Å²) in [6.45, 7) is 8.35. The molecule has 4 rings (SSSR count). The molecule has 0 aliphatic rings. The lowest BCUT2D eigenvalue weighted by Crippen LogP contribution is -2.35. The van der Waals surface area contributed by atoms with Gasteiger partial charge >= 0.3 is 17.5 Å². The number of aromatic amines is 4. The number of carbonyl (C=O) groups is 1. The van der Waals surface area contributed by atoms with Crippen LogP contribution in [-0.2, 0) is 4.74 Å². The van der Waals surface area contributed by atoms with Gasteiger partial charge in [0.2, 0.25) is 0 Å². The van der Waals surface area contributed by atoms with Crippen molar-refractivity contribution in [3.05, 3.63) is 33.6 Å². The Morgan fingerprint density at radius 3 is 1.85 bits per heavy atom. The van der Waals surface area contributed by atoms with E-state index in [1.165, 1.54) is 17.6 Å². The summed E-state index contributed by atoms with van der Waals surface area (Å²) < 4.78 is 5.28. The van der Waals surface area contributed by atoms with Crippen LogP contribution < -0.4 is 27.3 Å². The van der Waals surface area contributed by atoms with Crippen molar-refractivity contribution >= 4 is 40.1 Å². The Morgan fingerprint density at radius 2 is 1.36 bits per heavy atom. The van der Waals surface area contributed by atoms with Gasteiger partial charge in [0.1, 0.15) is 29.3 Å². The molecule has 0 aliphatic heterocycles. The molecule has 1 amide bonds. The molecule has 0 fully saturated rings. The van der Waals surface area contributed by atoms with Crippen molar-refractivity contribution in [2.75, 3.05) is 50.9 Å². The van der Waals surface area contributed by atoms with Gasteiger partial charge in [-0.2, -0.15) is 0 Å². The topological polar surface area (TPSA) is 214 Å². The first kappa shape index (κ1) is 29.1.